The molecule has 0 saturated carbocycles. The van der Waals surface area contributed by atoms with Crippen molar-refractivity contribution in [1.29, 1.82) is 0 Å². The number of benzene rings is 2. The maximum atomic E-state index is 12.2. The van der Waals surface area contributed by atoms with E-state index in [2.05, 4.69) is 20.2 Å². The summed E-state index contributed by atoms with van der Waals surface area (Å²) in [6, 6.07) is 15.4. The topological polar surface area (TPSA) is 70.2 Å². The van der Waals surface area contributed by atoms with Crippen molar-refractivity contribution in [2.45, 2.75) is 6.04 Å². The number of anilines is 1. The zero-order valence-corrected chi connectivity index (χ0v) is 14.6. The molecule has 0 aliphatic rings. The molecule has 2 aromatic carbocycles. The minimum atomic E-state index is -0.140. The van der Waals surface area contributed by atoms with Crippen molar-refractivity contribution < 1.29 is 4.74 Å². The number of nitrogens with zero attached hydrogens (tertiary/aromatic N) is 2. The predicted molar refractivity (Wildman–Crippen MR) is 100 cm³/mol. The van der Waals surface area contributed by atoms with E-state index in [1.54, 1.807) is 13.2 Å². The molecule has 0 unspecified atom stereocenters. The molecule has 0 amide bonds. The van der Waals surface area contributed by atoms with Gasteiger partial charge >= 0.3 is 0 Å². The fraction of sp³-hybridized carbons (Fsp3) is 0.263. The summed E-state index contributed by atoms with van der Waals surface area (Å²) in [6.45, 7) is 0.612. The van der Waals surface area contributed by atoms with Crippen LogP contribution in [0.1, 0.15) is 11.6 Å². The summed E-state index contributed by atoms with van der Waals surface area (Å²) in [4.78, 5) is 21.6. The summed E-state index contributed by atoms with van der Waals surface area (Å²) in [7, 11) is 5.70. The van der Waals surface area contributed by atoms with Gasteiger partial charge in [-0.15, -0.1) is 0 Å². The molecule has 0 bridgehead atoms. The molecule has 0 spiro atoms. The lowest BCUT2D eigenvalue weighted by Gasteiger charge is -2.25. The first-order valence-corrected chi connectivity index (χ1v) is 8.12. The minimum absolute atomic E-state index is 0.127. The molecule has 1 heterocycles. The van der Waals surface area contributed by atoms with Gasteiger partial charge in [0.25, 0.3) is 5.56 Å². The van der Waals surface area contributed by atoms with Crippen LogP contribution in [-0.2, 0) is 0 Å². The number of nitrogens with one attached hydrogen (secondary N) is 2. The molecule has 0 aliphatic carbocycles. The van der Waals surface area contributed by atoms with Gasteiger partial charge in [-0.2, -0.15) is 0 Å². The van der Waals surface area contributed by atoms with Crippen LogP contribution in [0.25, 0.3) is 10.9 Å². The fourth-order valence-corrected chi connectivity index (χ4v) is 2.79. The van der Waals surface area contributed by atoms with Gasteiger partial charge in [-0.1, -0.05) is 24.3 Å². The number of H-pyrrole nitrogens is 1. The molecule has 3 rings (SSSR count). The molecule has 6 nitrogen and oxygen atoms in total. The number of rotatable bonds is 6. The Labute approximate surface area is 146 Å². The van der Waals surface area contributed by atoms with Gasteiger partial charge in [0.1, 0.15) is 5.75 Å². The number of para-hydroxylation sites is 1. The molecule has 0 fully saturated rings. The Morgan fingerprint density at radius 2 is 1.88 bits per heavy atom. The quantitative estimate of drug-likeness (QED) is 0.723. The zero-order chi connectivity index (χ0) is 17.8. The number of fused-ring (bicyclic) bond motifs is 1. The molecule has 3 aromatic rings. The van der Waals surface area contributed by atoms with Crippen LogP contribution in [0.3, 0.4) is 0 Å². The summed E-state index contributed by atoms with van der Waals surface area (Å²) in [5.41, 5.74) is 1.69. The zero-order valence-electron chi connectivity index (χ0n) is 14.6. The van der Waals surface area contributed by atoms with Crippen LogP contribution in [-0.4, -0.2) is 42.6 Å². The highest BCUT2D eigenvalue weighted by molar-refractivity contribution is 5.78. The first-order chi connectivity index (χ1) is 12.1. The normalized spacial score (nSPS) is 12.3. The van der Waals surface area contributed by atoms with E-state index in [0.29, 0.717) is 23.4 Å². The first kappa shape index (κ1) is 17.0. The number of methoxy groups -OCH3 is 1. The molecule has 1 aromatic heterocycles. The van der Waals surface area contributed by atoms with E-state index in [1.807, 2.05) is 56.6 Å². The van der Waals surface area contributed by atoms with E-state index < -0.39 is 0 Å². The van der Waals surface area contributed by atoms with E-state index in [-0.39, 0.29) is 11.6 Å². The molecule has 130 valence electrons. The second kappa shape index (κ2) is 7.36. The monoisotopic (exact) mass is 338 g/mol. The van der Waals surface area contributed by atoms with Gasteiger partial charge in [-0.25, -0.2) is 4.98 Å². The van der Waals surface area contributed by atoms with E-state index in [4.69, 9.17) is 4.74 Å². The van der Waals surface area contributed by atoms with Gasteiger partial charge in [-0.3, -0.25) is 9.78 Å². The Balaban J connectivity index is 1.80. The number of hydrogen-bond donors (Lipinski definition) is 2. The van der Waals surface area contributed by atoms with Crippen LogP contribution in [0.4, 0.5) is 5.95 Å². The van der Waals surface area contributed by atoms with Crippen molar-refractivity contribution in [3.63, 3.8) is 0 Å². The van der Waals surface area contributed by atoms with Crippen molar-refractivity contribution in [3.8, 4) is 5.75 Å². The minimum Gasteiger partial charge on any atom is -0.497 e. The lowest BCUT2D eigenvalue weighted by molar-refractivity contribution is 0.311. The van der Waals surface area contributed by atoms with E-state index in [9.17, 15) is 4.79 Å². The predicted octanol–water partition coefficient (Wildman–Crippen LogP) is 2.65. The van der Waals surface area contributed by atoms with Crippen molar-refractivity contribution in [2.24, 2.45) is 0 Å². The molecular weight excluding hydrogens is 316 g/mol. The molecular formula is C19H22N4O2. The van der Waals surface area contributed by atoms with Gasteiger partial charge < -0.3 is 15.0 Å². The number of likely N-dealkylation sites (N-methyl/N-ethyl adjacent to an activating group) is 1. The van der Waals surface area contributed by atoms with Gasteiger partial charge in [0.15, 0.2) is 0 Å². The fourth-order valence-electron chi connectivity index (χ4n) is 2.79. The summed E-state index contributed by atoms with van der Waals surface area (Å²) >= 11 is 0. The molecule has 0 aliphatic heterocycles. The number of ether oxygens (including phenoxy) is 1. The lowest BCUT2D eigenvalue weighted by atomic mass is 10.1. The van der Waals surface area contributed by atoms with E-state index >= 15 is 0 Å². The van der Waals surface area contributed by atoms with Crippen LogP contribution >= 0.6 is 0 Å². The van der Waals surface area contributed by atoms with Crippen LogP contribution in [0.2, 0.25) is 0 Å². The Bertz CT molecular complexity index is 903. The van der Waals surface area contributed by atoms with Crippen LogP contribution in [0, 0.1) is 0 Å². The molecule has 0 saturated heterocycles. The van der Waals surface area contributed by atoms with Gasteiger partial charge in [-0.05, 0) is 43.9 Å². The maximum Gasteiger partial charge on any atom is 0.260 e. The summed E-state index contributed by atoms with van der Waals surface area (Å²) in [5, 5.41) is 3.84. The Hall–Kier alpha value is -2.86. The van der Waals surface area contributed by atoms with Crippen molar-refractivity contribution >= 4 is 16.9 Å². The molecule has 1 atom stereocenters. The third kappa shape index (κ3) is 3.80. The summed E-state index contributed by atoms with van der Waals surface area (Å²) in [5.74, 6) is 1.30. The third-order valence-electron chi connectivity index (χ3n) is 4.20. The smallest absolute Gasteiger partial charge is 0.260 e. The second-order valence-corrected chi connectivity index (χ2v) is 6.07. The largest absolute Gasteiger partial charge is 0.497 e. The number of aromatic amines is 1. The van der Waals surface area contributed by atoms with Gasteiger partial charge in [0.2, 0.25) is 5.95 Å². The van der Waals surface area contributed by atoms with E-state index in [0.717, 1.165) is 11.3 Å². The SMILES string of the molecule is COc1ccc([C@H](CNc2nc3ccccc3c(=O)[nH]2)N(C)C)cc1. The van der Waals surface area contributed by atoms with Crippen LogP contribution in [0.5, 0.6) is 5.75 Å². The standard InChI is InChI=1S/C19H22N4O2/c1-23(2)17(13-8-10-14(25-3)11-9-13)12-20-19-21-16-7-5-4-6-15(16)18(24)22-19/h4-11,17H,12H2,1-3H3,(H2,20,21,22,24)/t17-/m0/s1. The Kier molecular flexibility index (Phi) is 5.00. The highest BCUT2D eigenvalue weighted by Crippen LogP contribution is 2.21. The first-order valence-electron chi connectivity index (χ1n) is 8.12. The van der Waals surface area contributed by atoms with E-state index in [1.165, 1.54) is 0 Å². The Morgan fingerprint density at radius 3 is 2.56 bits per heavy atom. The maximum absolute atomic E-state index is 12.2. The molecule has 6 heteroatoms. The average Bonchev–Trinajstić information content (AvgIpc) is 2.62. The molecule has 25 heavy (non-hydrogen) atoms. The van der Waals surface area contributed by atoms with Crippen molar-refractivity contribution in [3.05, 3.63) is 64.4 Å². The lowest BCUT2D eigenvalue weighted by Crippen LogP contribution is -2.28. The molecule has 2 N–H and O–H groups in total. The highest BCUT2D eigenvalue weighted by Gasteiger charge is 2.15. The van der Waals surface area contributed by atoms with Gasteiger partial charge in [0.05, 0.1) is 24.1 Å². The van der Waals surface area contributed by atoms with Crippen molar-refractivity contribution in [1.82, 2.24) is 14.9 Å². The summed E-state index contributed by atoms with van der Waals surface area (Å²) < 4.78 is 5.21. The Morgan fingerprint density at radius 1 is 1.16 bits per heavy atom. The van der Waals surface area contributed by atoms with Crippen LogP contribution < -0.4 is 15.6 Å². The van der Waals surface area contributed by atoms with Crippen molar-refractivity contribution in [2.75, 3.05) is 33.1 Å². The van der Waals surface area contributed by atoms with Gasteiger partial charge in [0, 0.05) is 6.54 Å². The van der Waals surface area contributed by atoms with Crippen LogP contribution in [0.15, 0.2) is 53.3 Å². The average molecular weight is 338 g/mol. The second-order valence-electron chi connectivity index (χ2n) is 6.07. The number of aromatic nitrogens is 2. The summed E-state index contributed by atoms with van der Waals surface area (Å²) in [6.07, 6.45) is 0. The third-order valence-corrected chi connectivity index (χ3v) is 4.20. The molecule has 0 radical (unpaired) electrons. The highest BCUT2D eigenvalue weighted by atomic mass is 16.5. The number of hydrogen-bond acceptors (Lipinski definition) is 5.